The summed E-state index contributed by atoms with van der Waals surface area (Å²) in [5, 5.41) is 10.4. The van der Waals surface area contributed by atoms with Crippen LogP contribution in [-0.4, -0.2) is 32.4 Å². The second kappa shape index (κ2) is 6.43. The van der Waals surface area contributed by atoms with E-state index in [4.69, 9.17) is 4.74 Å². The van der Waals surface area contributed by atoms with Crippen LogP contribution < -0.4 is 0 Å². The Hall–Kier alpha value is -2.08. The summed E-state index contributed by atoms with van der Waals surface area (Å²) < 4.78 is 7.22. The third-order valence-corrected chi connectivity index (χ3v) is 4.83. The van der Waals surface area contributed by atoms with Crippen molar-refractivity contribution in [2.75, 3.05) is 5.75 Å². The molecule has 3 rings (SSSR count). The van der Waals surface area contributed by atoms with Crippen LogP contribution in [0.15, 0.2) is 23.4 Å². The van der Waals surface area contributed by atoms with E-state index in [-0.39, 0.29) is 17.8 Å². The van der Waals surface area contributed by atoms with Crippen molar-refractivity contribution in [1.29, 1.82) is 0 Å². The Bertz CT molecular complexity index is 931. The van der Waals surface area contributed by atoms with Gasteiger partial charge in [-0.1, -0.05) is 11.8 Å². The van der Waals surface area contributed by atoms with Crippen molar-refractivity contribution in [2.24, 2.45) is 0 Å². The van der Waals surface area contributed by atoms with Crippen molar-refractivity contribution < 1.29 is 9.53 Å². The van der Waals surface area contributed by atoms with Gasteiger partial charge in [-0.2, -0.15) is 0 Å². The molecule has 0 aliphatic rings. The Kier molecular flexibility index (Phi) is 4.49. The highest BCUT2D eigenvalue weighted by molar-refractivity contribution is 7.99. The Morgan fingerprint density at radius 3 is 2.50 bits per heavy atom. The number of benzene rings is 1. The Labute approximate surface area is 145 Å². The number of rotatable bonds is 4. The number of carbonyl (C=O) groups excluding carboxylic acids is 1. The van der Waals surface area contributed by atoms with Crippen LogP contribution in [0.1, 0.15) is 30.5 Å². The predicted octanol–water partition coefficient (Wildman–Crippen LogP) is 3.85. The summed E-state index contributed by atoms with van der Waals surface area (Å²) in [5.74, 6) is -0.0186. The van der Waals surface area contributed by atoms with Gasteiger partial charge in [0.25, 0.3) is 0 Å². The molecule has 3 aromatic rings. The molecule has 5 nitrogen and oxygen atoms in total. The molecule has 2 aromatic heterocycles. The van der Waals surface area contributed by atoms with Crippen LogP contribution in [0.4, 0.5) is 0 Å². The average Bonchev–Trinajstić information content (AvgIpc) is 2.92. The third-order valence-electron chi connectivity index (χ3n) is 3.93. The number of nitrogens with zero attached hydrogens (tertiary/aromatic N) is 3. The number of ether oxygens (including phenoxy) is 1. The topological polar surface area (TPSA) is 56.5 Å². The number of thioether (sulfide) groups is 1. The van der Waals surface area contributed by atoms with Gasteiger partial charge < -0.3 is 4.74 Å². The van der Waals surface area contributed by atoms with E-state index < -0.39 is 0 Å². The van der Waals surface area contributed by atoms with Crippen LogP contribution in [-0.2, 0) is 9.53 Å². The summed E-state index contributed by atoms with van der Waals surface area (Å²) in [7, 11) is 0. The molecule has 6 heteroatoms. The lowest BCUT2D eigenvalue weighted by Crippen LogP contribution is -2.13. The van der Waals surface area contributed by atoms with E-state index in [1.165, 1.54) is 22.9 Å². The average molecular weight is 343 g/mol. The van der Waals surface area contributed by atoms with Gasteiger partial charge in [-0.3, -0.25) is 9.20 Å². The van der Waals surface area contributed by atoms with Crippen LogP contribution in [0.2, 0.25) is 0 Å². The number of aryl methyl sites for hydroxylation is 3. The zero-order valence-electron chi connectivity index (χ0n) is 14.6. The van der Waals surface area contributed by atoms with E-state index in [1.54, 1.807) is 0 Å². The normalized spacial score (nSPS) is 11.6. The molecule has 0 spiro atoms. The summed E-state index contributed by atoms with van der Waals surface area (Å²) in [4.78, 5) is 11.8. The van der Waals surface area contributed by atoms with Gasteiger partial charge in [0.2, 0.25) is 0 Å². The largest absolute Gasteiger partial charge is 0.462 e. The first-order valence-electron chi connectivity index (χ1n) is 7.95. The summed E-state index contributed by atoms with van der Waals surface area (Å²) in [6, 6.07) is 6.46. The molecule has 0 radical (unpaired) electrons. The molecular formula is C18H21N3O2S. The highest BCUT2D eigenvalue weighted by atomic mass is 32.2. The van der Waals surface area contributed by atoms with Crippen LogP contribution >= 0.6 is 11.8 Å². The third kappa shape index (κ3) is 3.11. The van der Waals surface area contributed by atoms with Gasteiger partial charge in [-0.15, -0.1) is 10.2 Å². The highest BCUT2D eigenvalue weighted by Gasteiger charge is 2.15. The van der Waals surface area contributed by atoms with E-state index in [0.29, 0.717) is 5.16 Å². The quantitative estimate of drug-likeness (QED) is 0.532. The first kappa shape index (κ1) is 16.8. The van der Waals surface area contributed by atoms with Crippen LogP contribution in [0, 0.1) is 20.8 Å². The molecule has 0 bridgehead atoms. The number of aromatic nitrogens is 3. The zero-order chi connectivity index (χ0) is 17.4. The van der Waals surface area contributed by atoms with E-state index in [2.05, 4.69) is 42.2 Å². The molecule has 0 saturated heterocycles. The first-order valence-corrected chi connectivity index (χ1v) is 8.93. The van der Waals surface area contributed by atoms with Gasteiger partial charge in [0.1, 0.15) is 0 Å². The molecule has 0 saturated carbocycles. The molecule has 0 atom stereocenters. The van der Waals surface area contributed by atoms with E-state index in [0.717, 1.165) is 22.1 Å². The summed E-state index contributed by atoms with van der Waals surface area (Å²) >= 11 is 1.36. The van der Waals surface area contributed by atoms with Crippen molar-refractivity contribution in [3.8, 4) is 0 Å². The number of hydrogen-bond donors (Lipinski definition) is 0. The molecule has 0 amide bonds. The molecule has 126 valence electrons. The maximum atomic E-state index is 11.8. The van der Waals surface area contributed by atoms with E-state index >= 15 is 0 Å². The van der Waals surface area contributed by atoms with Gasteiger partial charge in [-0.05, 0) is 74.9 Å². The number of carbonyl (C=O) groups is 1. The second-order valence-corrected chi connectivity index (χ2v) is 7.23. The lowest BCUT2D eigenvalue weighted by atomic mass is 10.0. The fraction of sp³-hybridized carbons (Fsp3) is 0.389. The van der Waals surface area contributed by atoms with Gasteiger partial charge in [-0.25, -0.2) is 0 Å². The standard InChI is InChI=1S/C18H21N3O2S/c1-10(2)23-16(22)9-24-18-20-19-17-13(5)7-14-6-11(3)12(4)8-15(14)21(17)18/h6-8,10H,9H2,1-5H3. The summed E-state index contributed by atoms with van der Waals surface area (Å²) in [6.07, 6.45) is -0.109. The number of pyridine rings is 1. The predicted molar refractivity (Wildman–Crippen MR) is 96.7 cm³/mol. The molecular weight excluding hydrogens is 322 g/mol. The van der Waals surface area contributed by atoms with Crippen LogP contribution in [0.5, 0.6) is 0 Å². The minimum atomic E-state index is -0.240. The van der Waals surface area contributed by atoms with Crippen molar-refractivity contribution >= 4 is 34.3 Å². The minimum absolute atomic E-state index is 0.109. The second-order valence-electron chi connectivity index (χ2n) is 6.29. The van der Waals surface area contributed by atoms with Gasteiger partial charge in [0.15, 0.2) is 10.8 Å². The highest BCUT2D eigenvalue weighted by Crippen LogP contribution is 2.27. The van der Waals surface area contributed by atoms with Crippen LogP contribution in [0.3, 0.4) is 0 Å². The smallest absolute Gasteiger partial charge is 0.316 e. The molecule has 0 aliphatic carbocycles. The van der Waals surface area contributed by atoms with Crippen molar-refractivity contribution in [3.05, 3.63) is 34.9 Å². The molecule has 0 aliphatic heterocycles. The Balaban J connectivity index is 2.06. The SMILES string of the molecule is Cc1cc2cc(C)c3nnc(SCC(=O)OC(C)C)n3c2cc1C. The molecule has 24 heavy (non-hydrogen) atoms. The number of esters is 1. The number of fused-ring (bicyclic) bond motifs is 3. The molecule has 0 N–H and O–H groups in total. The monoisotopic (exact) mass is 343 g/mol. The fourth-order valence-corrected chi connectivity index (χ4v) is 3.41. The van der Waals surface area contributed by atoms with Crippen molar-refractivity contribution in [3.63, 3.8) is 0 Å². The molecule has 0 fully saturated rings. The molecule has 2 heterocycles. The van der Waals surface area contributed by atoms with Crippen molar-refractivity contribution in [2.45, 2.75) is 45.9 Å². The summed E-state index contributed by atoms with van der Waals surface area (Å²) in [6.45, 7) is 9.92. The molecule has 1 aromatic carbocycles. The fourth-order valence-electron chi connectivity index (χ4n) is 2.69. The molecule has 0 unspecified atom stereocenters. The Morgan fingerprint density at radius 1 is 1.12 bits per heavy atom. The maximum absolute atomic E-state index is 11.8. The maximum Gasteiger partial charge on any atom is 0.316 e. The van der Waals surface area contributed by atoms with Crippen molar-refractivity contribution in [1.82, 2.24) is 14.6 Å². The van der Waals surface area contributed by atoms with Crippen LogP contribution in [0.25, 0.3) is 16.6 Å². The Morgan fingerprint density at radius 2 is 1.79 bits per heavy atom. The van der Waals surface area contributed by atoms with Gasteiger partial charge in [0, 0.05) is 0 Å². The van der Waals surface area contributed by atoms with Gasteiger partial charge in [0.05, 0.1) is 17.4 Å². The first-order chi connectivity index (χ1) is 11.4. The lowest BCUT2D eigenvalue weighted by Gasteiger charge is -2.10. The minimum Gasteiger partial charge on any atom is -0.462 e. The van der Waals surface area contributed by atoms with Gasteiger partial charge >= 0.3 is 5.97 Å². The van der Waals surface area contributed by atoms with E-state index in [1.807, 2.05) is 25.2 Å². The number of hydrogen-bond acceptors (Lipinski definition) is 5. The lowest BCUT2D eigenvalue weighted by molar-refractivity contribution is -0.144. The zero-order valence-corrected chi connectivity index (χ0v) is 15.4. The summed E-state index contributed by atoms with van der Waals surface area (Å²) in [5.41, 5.74) is 5.42. The van der Waals surface area contributed by atoms with E-state index in [9.17, 15) is 4.79 Å².